The fourth-order valence-electron chi connectivity index (χ4n) is 1.64. The molecular formula is C12H25N3O3. The minimum absolute atomic E-state index is 0.365. The third kappa shape index (κ3) is 5.35. The molecule has 106 valence electrons. The van der Waals surface area contributed by atoms with Gasteiger partial charge in [-0.1, -0.05) is 13.8 Å². The van der Waals surface area contributed by atoms with Crippen molar-refractivity contribution < 1.29 is 14.7 Å². The topological polar surface area (TPSA) is 81.7 Å². The second-order valence-corrected chi connectivity index (χ2v) is 4.63. The van der Waals surface area contributed by atoms with Crippen LogP contribution in [0.15, 0.2) is 0 Å². The molecule has 0 aliphatic carbocycles. The van der Waals surface area contributed by atoms with Crippen molar-refractivity contribution in [2.45, 2.75) is 38.6 Å². The molecule has 0 aliphatic heterocycles. The first kappa shape index (κ1) is 16.7. The second kappa shape index (κ2) is 7.92. The lowest BCUT2D eigenvalue weighted by atomic mass is 9.93. The van der Waals surface area contributed by atoms with E-state index >= 15 is 0 Å². The molecule has 0 aliphatic rings. The standard InChI is InChI=1S/C12H25N3O3/c1-5-12(6-2,10(16)17)14-11(18)13-8-7-9-15(3)4/h5-9H2,1-4H3,(H,16,17)(H2,13,14,18). The van der Waals surface area contributed by atoms with E-state index in [0.29, 0.717) is 19.4 Å². The van der Waals surface area contributed by atoms with Gasteiger partial charge in [0, 0.05) is 6.54 Å². The van der Waals surface area contributed by atoms with Gasteiger partial charge in [-0.2, -0.15) is 0 Å². The maximum Gasteiger partial charge on any atom is 0.329 e. The van der Waals surface area contributed by atoms with Gasteiger partial charge in [0.15, 0.2) is 0 Å². The molecule has 0 spiro atoms. The largest absolute Gasteiger partial charge is 0.480 e. The fourth-order valence-corrected chi connectivity index (χ4v) is 1.64. The molecule has 0 radical (unpaired) electrons. The molecule has 0 saturated carbocycles. The van der Waals surface area contributed by atoms with E-state index in [2.05, 4.69) is 10.6 Å². The van der Waals surface area contributed by atoms with Gasteiger partial charge in [0.2, 0.25) is 0 Å². The molecule has 0 rings (SSSR count). The number of rotatable bonds is 8. The highest BCUT2D eigenvalue weighted by Crippen LogP contribution is 2.14. The van der Waals surface area contributed by atoms with Gasteiger partial charge in [0.1, 0.15) is 5.54 Å². The highest BCUT2D eigenvalue weighted by atomic mass is 16.4. The highest BCUT2D eigenvalue weighted by molar-refractivity contribution is 5.86. The Bertz CT molecular complexity index is 276. The van der Waals surface area contributed by atoms with Crippen LogP contribution in [0.5, 0.6) is 0 Å². The fraction of sp³-hybridized carbons (Fsp3) is 0.833. The number of amides is 2. The van der Waals surface area contributed by atoms with Crippen molar-refractivity contribution in [3.8, 4) is 0 Å². The van der Waals surface area contributed by atoms with Crippen molar-refractivity contribution in [1.82, 2.24) is 15.5 Å². The normalized spacial score (nSPS) is 11.4. The molecule has 6 nitrogen and oxygen atoms in total. The number of carbonyl (C=O) groups excluding carboxylic acids is 1. The van der Waals surface area contributed by atoms with E-state index in [-0.39, 0.29) is 0 Å². The molecule has 0 unspecified atom stereocenters. The molecule has 3 N–H and O–H groups in total. The van der Waals surface area contributed by atoms with Crippen LogP contribution in [0.25, 0.3) is 0 Å². The van der Waals surface area contributed by atoms with Crippen molar-refractivity contribution in [2.24, 2.45) is 0 Å². The summed E-state index contributed by atoms with van der Waals surface area (Å²) in [6, 6.07) is -0.417. The number of hydrogen-bond donors (Lipinski definition) is 3. The lowest BCUT2D eigenvalue weighted by molar-refractivity contribution is -0.144. The Morgan fingerprint density at radius 1 is 1.22 bits per heavy atom. The molecule has 0 aromatic rings. The van der Waals surface area contributed by atoms with Crippen LogP contribution in [-0.4, -0.2) is 54.7 Å². The zero-order valence-corrected chi connectivity index (χ0v) is 11.7. The smallest absolute Gasteiger partial charge is 0.329 e. The summed E-state index contributed by atoms with van der Waals surface area (Å²) >= 11 is 0. The second-order valence-electron chi connectivity index (χ2n) is 4.63. The van der Waals surface area contributed by atoms with Crippen LogP contribution >= 0.6 is 0 Å². The van der Waals surface area contributed by atoms with Gasteiger partial charge in [-0.25, -0.2) is 9.59 Å². The van der Waals surface area contributed by atoms with Crippen LogP contribution < -0.4 is 10.6 Å². The van der Waals surface area contributed by atoms with Gasteiger partial charge in [0.25, 0.3) is 0 Å². The van der Waals surface area contributed by atoms with Crippen LogP contribution in [0.2, 0.25) is 0 Å². The third-order valence-electron chi connectivity index (χ3n) is 3.04. The van der Waals surface area contributed by atoms with Gasteiger partial charge in [-0.15, -0.1) is 0 Å². The average molecular weight is 259 g/mol. The van der Waals surface area contributed by atoms with Crippen LogP contribution in [0.4, 0.5) is 4.79 Å². The number of carboxylic acids is 1. The Hall–Kier alpha value is -1.30. The molecule has 0 saturated heterocycles. The monoisotopic (exact) mass is 259 g/mol. The van der Waals surface area contributed by atoms with Crippen molar-refractivity contribution in [2.75, 3.05) is 27.2 Å². The molecule has 6 heteroatoms. The predicted molar refractivity (Wildman–Crippen MR) is 70.7 cm³/mol. The molecule has 0 atom stereocenters. The Balaban J connectivity index is 4.16. The quantitative estimate of drug-likeness (QED) is 0.565. The summed E-state index contributed by atoms with van der Waals surface area (Å²) in [5.41, 5.74) is -1.16. The van der Waals surface area contributed by atoms with Crippen molar-refractivity contribution >= 4 is 12.0 Å². The molecular weight excluding hydrogens is 234 g/mol. The van der Waals surface area contributed by atoms with Crippen LogP contribution in [-0.2, 0) is 4.79 Å². The van der Waals surface area contributed by atoms with Crippen molar-refractivity contribution in [3.63, 3.8) is 0 Å². The summed E-state index contributed by atoms with van der Waals surface area (Å²) < 4.78 is 0. The first-order chi connectivity index (χ1) is 8.38. The molecule has 0 heterocycles. The number of urea groups is 1. The number of nitrogens with one attached hydrogen (secondary N) is 2. The zero-order valence-electron chi connectivity index (χ0n) is 11.7. The van der Waals surface area contributed by atoms with Crippen LogP contribution in [0.3, 0.4) is 0 Å². The minimum Gasteiger partial charge on any atom is -0.480 e. The summed E-state index contributed by atoms with van der Waals surface area (Å²) in [7, 11) is 3.92. The Morgan fingerprint density at radius 2 is 1.78 bits per heavy atom. The van der Waals surface area contributed by atoms with E-state index in [1.165, 1.54) is 0 Å². The van der Waals surface area contributed by atoms with E-state index in [1.54, 1.807) is 13.8 Å². The van der Waals surface area contributed by atoms with Gasteiger partial charge in [-0.3, -0.25) is 0 Å². The molecule has 0 fully saturated rings. The van der Waals surface area contributed by atoms with Gasteiger partial charge >= 0.3 is 12.0 Å². The first-order valence-electron chi connectivity index (χ1n) is 6.32. The molecule has 18 heavy (non-hydrogen) atoms. The summed E-state index contributed by atoms with van der Waals surface area (Å²) in [5.74, 6) is -0.990. The molecule has 0 aromatic carbocycles. The zero-order chi connectivity index (χ0) is 14.2. The van der Waals surface area contributed by atoms with Gasteiger partial charge in [0.05, 0.1) is 0 Å². The van der Waals surface area contributed by atoms with E-state index in [4.69, 9.17) is 5.11 Å². The summed E-state index contributed by atoms with van der Waals surface area (Å²) in [6.07, 6.45) is 1.56. The Kier molecular flexibility index (Phi) is 7.35. The average Bonchev–Trinajstić information content (AvgIpc) is 2.31. The summed E-state index contributed by atoms with van der Waals surface area (Å²) in [5, 5.41) is 14.4. The molecule has 2 amide bonds. The lowest BCUT2D eigenvalue weighted by Crippen LogP contribution is -2.56. The Labute approximate surface area is 109 Å². The number of aliphatic carboxylic acids is 1. The van der Waals surface area contributed by atoms with Gasteiger partial charge in [-0.05, 0) is 39.9 Å². The number of carbonyl (C=O) groups is 2. The summed E-state index contributed by atoms with van der Waals surface area (Å²) in [4.78, 5) is 24.8. The SMILES string of the molecule is CCC(CC)(NC(=O)NCCCN(C)C)C(=O)O. The first-order valence-corrected chi connectivity index (χ1v) is 6.32. The van der Waals surface area contributed by atoms with Gasteiger partial charge < -0.3 is 20.6 Å². The van der Waals surface area contributed by atoms with Crippen molar-refractivity contribution in [3.05, 3.63) is 0 Å². The van der Waals surface area contributed by atoms with E-state index < -0.39 is 17.5 Å². The maximum atomic E-state index is 11.6. The third-order valence-corrected chi connectivity index (χ3v) is 3.04. The number of hydrogen-bond acceptors (Lipinski definition) is 3. The van der Waals surface area contributed by atoms with E-state index in [1.807, 2.05) is 19.0 Å². The summed E-state index contributed by atoms with van der Waals surface area (Å²) in [6.45, 7) is 4.92. The number of carboxylic acid groups (broad SMARTS) is 1. The maximum absolute atomic E-state index is 11.6. The lowest BCUT2D eigenvalue weighted by Gasteiger charge is -2.28. The number of nitrogens with zero attached hydrogens (tertiary/aromatic N) is 1. The van der Waals surface area contributed by atoms with E-state index in [9.17, 15) is 9.59 Å². The molecule has 0 aromatic heterocycles. The minimum atomic E-state index is -1.16. The predicted octanol–water partition coefficient (Wildman–Crippen LogP) is 0.881. The molecule has 0 bridgehead atoms. The van der Waals surface area contributed by atoms with Crippen LogP contribution in [0, 0.1) is 0 Å². The Morgan fingerprint density at radius 3 is 2.17 bits per heavy atom. The van der Waals surface area contributed by atoms with Crippen LogP contribution in [0.1, 0.15) is 33.1 Å². The van der Waals surface area contributed by atoms with Crippen molar-refractivity contribution in [1.29, 1.82) is 0 Å². The highest BCUT2D eigenvalue weighted by Gasteiger charge is 2.36. The van der Waals surface area contributed by atoms with E-state index in [0.717, 1.165) is 13.0 Å².